The number of likely N-dealkylation sites (N-methyl/N-ethyl adjacent to an activating group) is 1. The third-order valence-electron chi connectivity index (χ3n) is 2.12. The molecule has 4 heteroatoms. The fourth-order valence-corrected chi connectivity index (χ4v) is 1.22. The molecule has 82 valence electrons. The summed E-state index contributed by atoms with van der Waals surface area (Å²) in [5.74, 6) is 0. The maximum absolute atomic E-state index is 10.8. The molecular weight excluding hydrogens is 190 g/mol. The van der Waals surface area contributed by atoms with Crippen molar-refractivity contribution in [2.75, 3.05) is 27.2 Å². The molecule has 4 nitrogen and oxygen atoms in total. The largest absolute Gasteiger partial charge is 0.340 e. The Morgan fingerprint density at radius 2 is 1.93 bits per heavy atom. The maximum Gasteiger partial charge on any atom is 0.210 e. The minimum absolute atomic E-state index is 0.653. The Labute approximate surface area is 90.5 Å². The summed E-state index contributed by atoms with van der Waals surface area (Å²) in [4.78, 5) is 18.6. The highest BCUT2D eigenvalue weighted by molar-refractivity contribution is 5.47. The van der Waals surface area contributed by atoms with E-state index in [0.717, 1.165) is 25.1 Å². The summed E-state index contributed by atoms with van der Waals surface area (Å²) in [7, 11) is 3.99. The van der Waals surface area contributed by atoms with Gasteiger partial charge in [-0.1, -0.05) is 0 Å². The summed E-state index contributed by atoms with van der Waals surface area (Å²) in [6.45, 7) is 2.28. The standard InChI is InChI=1S/C11H17N3O/c1-13(2)7-8-14(10-15)9-11-3-5-12-6-4-11/h3-6,10H,7-9H2,1-2H3. The lowest BCUT2D eigenvalue weighted by Crippen LogP contribution is -2.30. The van der Waals surface area contributed by atoms with E-state index >= 15 is 0 Å². The van der Waals surface area contributed by atoms with Crippen LogP contribution in [0.25, 0.3) is 0 Å². The molecule has 15 heavy (non-hydrogen) atoms. The van der Waals surface area contributed by atoms with Gasteiger partial charge in [-0.2, -0.15) is 0 Å². The van der Waals surface area contributed by atoms with Crippen LogP contribution in [0.3, 0.4) is 0 Å². The van der Waals surface area contributed by atoms with Gasteiger partial charge in [-0.05, 0) is 31.8 Å². The summed E-state index contributed by atoms with van der Waals surface area (Å²) < 4.78 is 0. The molecule has 0 saturated heterocycles. The van der Waals surface area contributed by atoms with Crippen molar-refractivity contribution in [1.82, 2.24) is 14.8 Å². The molecule has 0 unspecified atom stereocenters. The Balaban J connectivity index is 2.43. The number of hydrogen-bond acceptors (Lipinski definition) is 3. The van der Waals surface area contributed by atoms with Gasteiger partial charge < -0.3 is 9.80 Å². The predicted octanol–water partition coefficient (Wildman–Crippen LogP) is 0.602. The minimum Gasteiger partial charge on any atom is -0.340 e. The highest BCUT2D eigenvalue weighted by Gasteiger charge is 2.02. The van der Waals surface area contributed by atoms with Crippen LogP contribution < -0.4 is 0 Å². The normalized spacial score (nSPS) is 10.3. The average Bonchev–Trinajstić information content (AvgIpc) is 2.25. The van der Waals surface area contributed by atoms with Gasteiger partial charge in [-0.25, -0.2) is 0 Å². The van der Waals surface area contributed by atoms with Crippen LogP contribution in [0.2, 0.25) is 0 Å². The zero-order valence-electron chi connectivity index (χ0n) is 9.26. The van der Waals surface area contributed by atoms with Crippen LogP contribution in [-0.4, -0.2) is 48.4 Å². The predicted molar refractivity (Wildman–Crippen MR) is 59.3 cm³/mol. The average molecular weight is 207 g/mol. The summed E-state index contributed by atoms with van der Waals surface area (Å²) in [5, 5.41) is 0. The quantitative estimate of drug-likeness (QED) is 0.641. The lowest BCUT2D eigenvalue weighted by atomic mass is 10.2. The highest BCUT2D eigenvalue weighted by Crippen LogP contribution is 2.00. The summed E-state index contributed by atoms with van der Waals surface area (Å²) in [6, 6.07) is 3.85. The second-order valence-electron chi connectivity index (χ2n) is 3.73. The topological polar surface area (TPSA) is 36.4 Å². The smallest absolute Gasteiger partial charge is 0.210 e. The van der Waals surface area contributed by atoms with Crippen molar-refractivity contribution >= 4 is 6.41 Å². The molecule has 0 aliphatic rings. The molecule has 0 bridgehead atoms. The van der Waals surface area contributed by atoms with E-state index in [0.29, 0.717) is 6.54 Å². The fourth-order valence-electron chi connectivity index (χ4n) is 1.22. The van der Waals surface area contributed by atoms with Crippen LogP contribution in [0.1, 0.15) is 5.56 Å². The third kappa shape index (κ3) is 4.56. The Kier molecular flexibility index (Phi) is 4.77. The van der Waals surface area contributed by atoms with E-state index in [1.165, 1.54) is 0 Å². The minimum atomic E-state index is 0.653. The zero-order chi connectivity index (χ0) is 11.1. The van der Waals surface area contributed by atoms with Gasteiger partial charge in [0.1, 0.15) is 0 Å². The van der Waals surface area contributed by atoms with Gasteiger partial charge in [-0.3, -0.25) is 9.78 Å². The van der Waals surface area contributed by atoms with Crippen LogP contribution in [0, 0.1) is 0 Å². The number of carbonyl (C=O) groups is 1. The molecule has 1 amide bonds. The molecule has 0 aromatic carbocycles. The van der Waals surface area contributed by atoms with Gasteiger partial charge in [-0.15, -0.1) is 0 Å². The summed E-state index contributed by atoms with van der Waals surface area (Å²) >= 11 is 0. The number of amides is 1. The fraction of sp³-hybridized carbons (Fsp3) is 0.455. The van der Waals surface area contributed by atoms with E-state index in [1.807, 2.05) is 26.2 Å². The van der Waals surface area contributed by atoms with Gasteiger partial charge >= 0.3 is 0 Å². The molecule has 0 radical (unpaired) electrons. The highest BCUT2D eigenvalue weighted by atomic mass is 16.1. The molecule has 0 spiro atoms. The van der Waals surface area contributed by atoms with E-state index in [-0.39, 0.29) is 0 Å². The van der Waals surface area contributed by atoms with E-state index in [2.05, 4.69) is 9.88 Å². The molecule has 1 heterocycles. The SMILES string of the molecule is CN(C)CCN(C=O)Cc1ccncc1. The summed E-state index contributed by atoms with van der Waals surface area (Å²) in [5.41, 5.74) is 1.11. The second-order valence-corrected chi connectivity index (χ2v) is 3.73. The Morgan fingerprint density at radius 3 is 2.47 bits per heavy atom. The Bertz CT molecular complexity index is 287. The monoisotopic (exact) mass is 207 g/mol. The van der Waals surface area contributed by atoms with Gasteiger partial charge in [0, 0.05) is 32.0 Å². The van der Waals surface area contributed by atoms with Crippen molar-refractivity contribution < 1.29 is 4.79 Å². The lowest BCUT2D eigenvalue weighted by molar-refractivity contribution is -0.118. The first-order valence-corrected chi connectivity index (χ1v) is 4.95. The third-order valence-corrected chi connectivity index (χ3v) is 2.12. The van der Waals surface area contributed by atoms with Crippen LogP contribution in [0.4, 0.5) is 0 Å². The van der Waals surface area contributed by atoms with Crippen molar-refractivity contribution in [3.05, 3.63) is 30.1 Å². The Morgan fingerprint density at radius 1 is 1.27 bits per heavy atom. The van der Waals surface area contributed by atoms with E-state index in [9.17, 15) is 4.79 Å². The summed E-state index contributed by atoms with van der Waals surface area (Å²) in [6.07, 6.45) is 4.37. The van der Waals surface area contributed by atoms with Gasteiger partial charge in [0.05, 0.1) is 0 Å². The van der Waals surface area contributed by atoms with Crippen LogP contribution in [0.5, 0.6) is 0 Å². The molecule has 0 aliphatic heterocycles. The molecule has 0 saturated carbocycles. The first-order valence-electron chi connectivity index (χ1n) is 4.95. The molecule has 0 atom stereocenters. The van der Waals surface area contributed by atoms with Crippen LogP contribution >= 0.6 is 0 Å². The molecular formula is C11H17N3O. The Hall–Kier alpha value is -1.42. The number of carbonyl (C=O) groups excluding carboxylic acids is 1. The molecule has 1 aromatic rings. The van der Waals surface area contributed by atoms with E-state index < -0.39 is 0 Å². The van der Waals surface area contributed by atoms with Crippen molar-refractivity contribution in [3.8, 4) is 0 Å². The van der Waals surface area contributed by atoms with Crippen molar-refractivity contribution in [2.45, 2.75) is 6.54 Å². The molecule has 1 rings (SSSR count). The van der Waals surface area contributed by atoms with E-state index in [4.69, 9.17) is 0 Å². The second kappa shape index (κ2) is 6.14. The first-order chi connectivity index (χ1) is 7.22. The number of rotatable bonds is 6. The number of pyridine rings is 1. The van der Waals surface area contributed by atoms with Crippen molar-refractivity contribution in [2.24, 2.45) is 0 Å². The maximum atomic E-state index is 10.8. The first kappa shape index (κ1) is 11.7. The van der Waals surface area contributed by atoms with Crippen molar-refractivity contribution in [1.29, 1.82) is 0 Å². The zero-order valence-corrected chi connectivity index (χ0v) is 9.26. The van der Waals surface area contributed by atoms with Crippen LogP contribution in [-0.2, 0) is 11.3 Å². The van der Waals surface area contributed by atoms with Crippen molar-refractivity contribution in [3.63, 3.8) is 0 Å². The molecule has 0 fully saturated rings. The number of aromatic nitrogens is 1. The number of hydrogen-bond donors (Lipinski definition) is 0. The number of nitrogens with zero attached hydrogens (tertiary/aromatic N) is 3. The molecule has 0 aliphatic carbocycles. The molecule has 1 aromatic heterocycles. The lowest BCUT2D eigenvalue weighted by Gasteiger charge is -2.19. The van der Waals surface area contributed by atoms with Gasteiger partial charge in [0.15, 0.2) is 0 Å². The van der Waals surface area contributed by atoms with Gasteiger partial charge in [0.2, 0.25) is 6.41 Å². The molecule has 0 N–H and O–H groups in total. The van der Waals surface area contributed by atoms with Gasteiger partial charge in [0.25, 0.3) is 0 Å². The van der Waals surface area contributed by atoms with E-state index in [1.54, 1.807) is 17.3 Å². The van der Waals surface area contributed by atoms with Crippen LogP contribution in [0.15, 0.2) is 24.5 Å².